The summed E-state index contributed by atoms with van der Waals surface area (Å²) < 4.78 is 8.88. The molecule has 0 saturated carbocycles. The van der Waals surface area contributed by atoms with Gasteiger partial charge in [-0.05, 0) is 35.8 Å². The molecule has 1 aromatic carbocycles. The summed E-state index contributed by atoms with van der Waals surface area (Å²) in [6.07, 6.45) is 0. The van der Waals surface area contributed by atoms with Crippen LogP contribution in [0.1, 0.15) is 47.4 Å². The number of rotatable bonds is 4. The van der Waals surface area contributed by atoms with E-state index >= 15 is 0 Å². The predicted octanol–water partition coefficient (Wildman–Crippen LogP) is 3.33. The maximum Gasteiger partial charge on any atom is 0.277 e. The first-order valence-electron chi connectivity index (χ1n) is 7.80. The summed E-state index contributed by atoms with van der Waals surface area (Å²) in [5.41, 5.74) is 1.04. The monoisotopic (exact) mass is 371 g/mol. The van der Waals surface area contributed by atoms with E-state index in [0.29, 0.717) is 22.8 Å². The molecule has 0 bridgehead atoms. The molecule has 0 fully saturated rings. The number of amides is 2. The Kier molecular flexibility index (Phi) is 4.81. The largest absolute Gasteiger partial charge is 0.359 e. The van der Waals surface area contributed by atoms with Gasteiger partial charge in [-0.25, -0.2) is 0 Å². The van der Waals surface area contributed by atoms with Gasteiger partial charge in [-0.15, -0.1) is 5.10 Å². The lowest BCUT2D eigenvalue weighted by Crippen LogP contribution is -2.14. The standard InChI is InChI=1S/C17H17N5O3S/c1-17(2,3)13-8-14(21-25-13)19-15(23)10-4-6-11(7-5-10)18-16(24)12-9-26-22-20-12/h4-9H,1-3H3,(H,18,24)(H,19,21,23). The first-order chi connectivity index (χ1) is 12.3. The molecule has 2 N–H and O–H groups in total. The second-order valence-electron chi connectivity index (χ2n) is 6.60. The second kappa shape index (κ2) is 7.04. The van der Waals surface area contributed by atoms with Crippen molar-refractivity contribution in [1.82, 2.24) is 14.7 Å². The number of carbonyl (C=O) groups excluding carboxylic acids is 2. The van der Waals surface area contributed by atoms with Crippen molar-refractivity contribution in [2.45, 2.75) is 26.2 Å². The molecule has 3 aromatic rings. The molecule has 0 aliphatic carbocycles. The number of aromatic nitrogens is 3. The van der Waals surface area contributed by atoms with Crippen LogP contribution in [0.25, 0.3) is 0 Å². The fourth-order valence-electron chi connectivity index (χ4n) is 2.04. The first-order valence-corrected chi connectivity index (χ1v) is 8.63. The molecule has 0 saturated heterocycles. The Hall–Kier alpha value is -3.07. The fraction of sp³-hybridized carbons (Fsp3) is 0.235. The van der Waals surface area contributed by atoms with Crippen LogP contribution in [-0.2, 0) is 5.41 Å². The number of hydrogen-bond donors (Lipinski definition) is 2. The highest BCUT2D eigenvalue weighted by molar-refractivity contribution is 7.03. The van der Waals surface area contributed by atoms with Gasteiger partial charge in [0.15, 0.2) is 11.5 Å². The van der Waals surface area contributed by atoms with E-state index < -0.39 is 0 Å². The Balaban J connectivity index is 1.63. The highest BCUT2D eigenvalue weighted by Crippen LogP contribution is 2.24. The molecule has 26 heavy (non-hydrogen) atoms. The van der Waals surface area contributed by atoms with Crippen LogP contribution >= 0.6 is 11.5 Å². The van der Waals surface area contributed by atoms with Gasteiger partial charge < -0.3 is 15.2 Å². The molecule has 0 aliphatic rings. The Morgan fingerprint density at radius 3 is 2.38 bits per heavy atom. The van der Waals surface area contributed by atoms with Gasteiger partial charge in [-0.2, -0.15) is 0 Å². The Bertz CT molecular complexity index is 911. The molecular weight excluding hydrogens is 354 g/mol. The molecule has 0 unspecified atom stereocenters. The Labute approximate surface area is 153 Å². The average Bonchev–Trinajstić information content (AvgIpc) is 3.26. The Morgan fingerprint density at radius 2 is 1.81 bits per heavy atom. The molecule has 2 amide bonds. The van der Waals surface area contributed by atoms with E-state index in [9.17, 15) is 9.59 Å². The van der Waals surface area contributed by atoms with Crippen LogP contribution < -0.4 is 10.6 Å². The molecule has 9 heteroatoms. The van der Waals surface area contributed by atoms with E-state index in [0.717, 1.165) is 11.5 Å². The van der Waals surface area contributed by atoms with Crippen LogP contribution in [-0.4, -0.2) is 26.6 Å². The number of hydrogen-bond acceptors (Lipinski definition) is 7. The smallest absolute Gasteiger partial charge is 0.277 e. The van der Waals surface area contributed by atoms with Crippen molar-refractivity contribution < 1.29 is 14.1 Å². The molecule has 2 aromatic heterocycles. The van der Waals surface area contributed by atoms with Crippen molar-refractivity contribution in [3.05, 3.63) is 52.7 Å². The van der Waals surface area contributed by atoms with Crippen molar-refractivity contribution in [3.8, 4) is 0 Å². The molecular formula is C17H17N5O3S. The minimum Gasteiger partial charge on any atom is -0.359 e. The lowest BCUT2D eigenvalue weighted by molar-refractivity contribution is 0.101. The zero-order valence-corrected chi connectivity index (χ0v) is 15.3. The number of benzene rings is 1. The van der Waals surface area contributed by atoms with E-state index in [4.69, 9.17) is 4.52 Å². The third-order valence-corrected chi connectivity index (χ3v) is 3.99. The number of anilines is 2. The molecule has 8 nitrogen and oxygen atoms in total. The van der Waals surface area contributed by atoms with Crippen LogP contribution in [0.5, 0.6) is 0 Å². The van der Waals surface area contributed by atoms with E-state index in [2.05, 4.69) is 25.4 Å². The van der Waals surface area contributed by atoms with E-state index in [1.165, 1.54) is 0 Å². The molecule has 0 radical (unpaired) electrons. The van der Waals surface area contributed by atoms with Gasteiger partial charge in [0.25, 0.3) is 11.8 Å². The molecule has 0 spiro atoms. The summed E-state index contributed by atoms with van der Waals surface area (Å²) in [5, 5.41) is 14.5. The highest BCUT2D eigenvalue weighted by Gasteiger charge is 2.20. The summed E-state index contributed by atoms with van der Waals surface area (Å²) >= 11 is 1.10. The second-order valence-corrected chi connectivity index (χ2v) is 7.21. The Morgan fingerprint density at radius 1 is 1.08 bits per heavy atom. The molecule has 3 rings (SSSR count). The van der Waals surface area contributed by atoms with Crippen LogP contribution in [0, 0.1) is 0 Å². The highest BCUT2D eigenvalue weighted by atomic mass is 32.1. The molecule has 0 atom stereocenters. The van der Waals surface area contributed by atoms with Gasteiger partial charge >= 0.3 is 0 Å². The third kappa shape index (κ3) is 4.12. The lowest BCUT2D eigenvalue weighted by atomic mass is 9.93. The molecule has 134 valence electrons. The normalized spacial score (nSPS) is 11.2. The minimum absolute atomic E-state index is 0.192. The van der Waals surface area contributed by atoms with Crippen molar-refractivity contribution >= 4 is 34.9 Å². The van der Waals surface area contributed by atoms with Crippen LogP contribution in [0.2, 0.25) is 0 Å². The quantitative estimate of drug-likeness (QED) is 0.728. The summed E-state index contributed by atoms with van der Waals surface area (Å²) in [6.45, 7) is 5.98. The summed E-state index contributed by atoms with van der Waals surface area (Å²) in [5.74, 6) is 0.365. The third-order valence-electron chi connectivity index (χ3n) is 3.49. The van der Waals surface area contributed by atoms with Crippen LogP contribution in [0.3, 0.4) is 0 Å². The van der Waals surface area contributed by atoms with Crippen molar-refractivity contribution in [3.63, 3.8) is 0 Å². The van der Waals surface area contributed by atoms with E-state index in [-0.39, 0.29) is 22.9 Å². The number of nitrogens with zero attached hydrogens (tertiary/aromatic N) is 3. The summed E-state index contributed by atoms with van der Waals surface area (Å²) in [6, 6.07) is 8.18. The molecule has 2 heterocycles. The van der Waals surface area contributed by atoms with Gasteiger partial charge in [-0.1, -0.05) is 30.4 Å². The predicted molar refractivity (Wildman–Crippen MR) is 97.5 cm³/mol. The summed E-state index contributed by atoms with van der Waals surface area (Å²) in [4.78, 5) is 24.2. The van der Waals surface area contributed by atoms with Gasteiger partial charge in [0.1, 0.15) is 5.76 Å². The molecule has 0 aliphatic heterocycles. The van der Waals surface area contributed by atoms with Crippen LogP contribution in [0.4, 0.5) is 11.5 Å². The zero-order chi connectivity index (χ0) is 18.7. The maximum absolute atomic E-state index is 12.3. The van der Waals surface area contributed by atoms with Crippen molar-refractivity contribution in [2.24, 2.45) is 0 Å². The fourth-order valence-corrected chi connectivity index (χ4v) is 2.48. The van der Waals surface area contributed by atoms with Gasteiger partial charge in [0.2, 0.25) is 0 Å². The summed E-state index contributed by atoms with van der Waals surface area (Å²) in [7, 11) is 0. The van der Waals surface area contributed by atoms with Gasteiger partial charge in [0, 0.05) is 28.1 Å². The van der Waals surface area contributed by atoms with Crippen molar-refractivity contribution in [2.75, 3.05) is 10.6 Å². The minimum atomic E-state index is -0.353. The van der Waals surface area contributed by atoms with Gasteiger partial charge in [-0.3, -0.25) is 9.59 Å². The number of carbonyl (C=O) groups is 2. The number of nitrogens with one attached hydrogen (secondary N) is 2. The lowest BCUT2D eigenvalue weighted by Gasteiger charge is -2.12. The zero-order valence-electron chi connectivity index (χ0n) is 14.4. The van der Waals surface area contributed by atoms with Gasteiger partial charge in [0.05, 0.1) is 0 Å². The van der Waals surface area contributed by atoms with Crippen molar-refractivity contribution in [1.29, 1.82) is 0 Å². The van der Waals surface area contributed by atoms with Crippen LogP contribution in [0.15, 0.2) is 40.2 Å². The van der Waals surface area contributed by atoms with E-state index in [1.54, 1.807) is 35.7 Å². The SMILES string of the molecule is CC(C)(C)c1cc(NC(=O)c2ccc(NC(=O)c3csnn3)cc2)no1. The first kappa shape index (κ1) is 17.7. The van der Waals surface area contributed by atoms with E-state index in [1.807, 2.05) is 20.8 Å². The maximum atomic E-state index is 12.3. The topological polar surface area (TPSA) is 110 Å². The average molecular weight is 371 g/mol.